The zero-order valence-electron chi connectivity index (χ0n) is 8.33. The van der Waals surface area contributed by atoms with Gasteiger partial charge in [-0.1, -0.05) is 13.8 Å². The lowest BCUT2D eigenvalue weighted by molar-refractivity contribution is -0.129. The Labute approximate surface area is 78.3 Å². The number of rotatable bonds is 5. The zero-order valence-corrected chi connectivity index (χ0v) is 8.33. The SMILES string of the molecule is CCC(=O)N[C@@H](C(=O)CC)C(C)O. The average Bonchev–Trinajstić information content (AvgIpc) is 2.11. The molecule has 0 spiro atoms. The number of nitrogens with one attached hydrogen (secondary N) is 1. The molecule has 0 aromatic rings. The lowest BCUT2D eigenvalue weighted by Gasteiger charge is -2.19. The second-order valence-corrected chi connectivity index (χ2v) is 2.96. The molecule has 2 N–H and O–H groups in total. The van der Waals surface area contributed by atoms with E-state index in [9.17, 15) is 14.7 Å². The van der Waals surface area contributed by atoms with E-state index in [-0.39, 0.29) is 11.7 Å². The van der Waals surface area contributed by atoms with Crippen molar-refractivity contribution in [3.05, 3.63) is 0 Å². The van der Waals surface area contributed by atoms with Gasteiger partial charge < -0.3 is 10.4 Å². The van der Waals surface area contributed by atoms with E-state index in [2.05, 4.69) is 5.32 Å². The summed E-state index contributed by atoms with van der Waals surface area (Å²) in [6.07, 6.45) is -0.192. The van der Waals surface area contributed by atoms with Crippen LogP contribution in [0.1, 0.15) is 33.6 Å². The van der Waals surface area contributed by atoms with Gasteiger partial charge >= 0.3 is 0 Å². The molecule has 0 saturated heterocycles. The maximum absolute atomic E-state index is 11.2. The molecule has 1 amide bonds. The fraction of sp³-hybridized carbons (Fsp3) is 0.778. The van der Waals surface area contributed by atoms with Crippen molar-refractivity contribution in [2.24, 2.45) is 0 Å². The second-order valence-electron chi connectivity index (χ2n) is 2.96. The summed E-state index contributed by atoms with van der Waals surface area (Å²) < 4.78 is 0. The Morgan fingerprint density at radius 2 is 1.85 bits per heavy atom. The van der Waals surface area contributed by atoms with Gasteiger partial charge in [-0.15, -0.1) is 0 Å². The molecular weight excluding hydrogens is 170 g/mol. The van der Waals surface area contributed by atoms with Crippen molar-refractivity contribution >= 4 is 11.7 Å². The molecule has 0 fully saturated rings. The van der Waals surface area contributed by atoms with Gasteiger partial charge in [-0.2, -0.15) is 0 Å². The maximum Gasteiger partial charge on any atom is 0.220 e. The van der Waals surface area contributed by atoms with E-state index in [1.807, 2.05) is 0 Å². The van der Waals surface area contributed by atoms with Crippen LogP contribution in [-0.2, 0) is 9.59 Å². The lowest BCUT2D eigenvalue weighted by Crippen LogP contribution is -2.47. The molecule has 0 radical (unpaired) electrons. The molecule has 0 aromatic heterocycles. The highest BCUT2D eigenvalue weighted by atomic mass is 16.3. The summed E-state index contributed by atoms with van der Waals surface area (Å²) >= 11 is 0. The molecule has 1 unspecified atom stereocenters. The topological polar surface area (TPSA) is 66.4 Å². The highest BCUT2D eigenvalue weighted by Gasteiger charge is 2.22. The summed E-state index contributed by atoms with van der Waals surface area (Å²) in [6, 6.07) is -0.752. The van der Waals surface area contributed by atoms with E-state index in [1.54, 1.807) is 13.8 Å². The van der Waals surface area contributed by atoms with Crippen LogP contribution in [0.25, 0.3) is 0 Å². The Balaban J connectivity index is 4.26. The van der Waals surface area contributed by atoms with E-state index >= 15 is 0 Å². The minimum absolute atomic E-state index is 0.142. The van der Waals surface area contributed by atoms with Crippen LogP contribution in [0.3, 0.4) is 0 Å². The molecular formula is C9H17NO3. The molecule has 0 heterocycles. The van der Waals surface area contributed by atoms with Crippen LogP contribution in [0.15, 0.2) is 0 Å². The predicted molar refractivity (Wildman–Crippen MR) is 49.2 cm³/mol. The monoisotopic (exact) mass is 187 g/mol. The summed E-state index contributed by atoms with van der Waals surface area (Å²) in [4.78, 5) is 22.2. The van der Waals surface area contributed by atoms with Crippen LogP contribution in [0.4, 0.5) is 0 Å². The number of carbonyl (C=O) groups is 2. The van der Waals surface area contributed by atoms with E-state index in [4.69, 9.17) is 0 Å². The van der Waals surface area contributed by atoms with Gasteiger partial charge in [-0.05, 0) is 6.92 Å². The zero-order chi connectivity index (χ0) is 10.4. The molecule has 76 valence electrons. The molecule has 0 saturated carbocycles. The third-order valence-electron chi connectivity index (χ3n) is 1.82. The van der Waals surface area contributed by atoms with E-state index in [1.165, 1.54) is 6.92 Å². The van der Waals surface area contributed by atoms with E-state index in [0.29, 0.717) is 12.8 Å². The largest absolute Gasteiger partial charge is 0.391 e. The molecule has 13 heavy (non-hydrogen) atoms. The van der Waals surface area contributed by atoms with Gasteiger partial charge in [-0.3, -0.25) is 9.59 Å². The Bertz CT molecular complexity index is 189. The molecule has 0 aliphatic carbocycles. The van der Waals surface area contributed by atoms with Crippen molar-refractivity contribution in [2.75, 3.05) is 0 Å². The molecule has 0 aliphatic heterocycles. The standard InChI is InChI=1S/C9H17NO3/c1-4-7(12)9(6(3)11)10-8(13)5-2/h6,9,11H,4-5H2,1-3H3,(H,10,13)/t6?,9-/m1/s1. The van der Waals surface area contributed by atoms with Gasteiger partial charge in [0.15, 0.2) is 5.78 Å². The summed E-state index contributed by atoms with van der Waals surface area (Å²) in [5.41, 5.74) is 0. The Hall–Kier alpha value is -0.900. The first kappa shape index (κ1) is 12.1. The van der Waals surface area contributed by atoms with Crippen LogP contribution >= 0.6 is 0 Å². The minimum atomic E-state index is -0.831. The fourth-order valence-electron chi connectivity index (χ4n) is 0.966. The number of aliphatic hydroxyl groups excluding tert-OH is 1. The number of hydrogen-bond donors (Lipinski definition) is 2. The first-order valence-corrected chi connectivity index (χ1v) is 4.53. The van der Waals surface area contributed by atoms with Crippen LogP contribution in [0, 0.1) is 0 Å². The highest BCUT2D eigenvalue weighted by molar-refractivity contribution is 5.89. The van der Waals surface area contributed by atoms with Gasteiger partial charge in [0.1, 0.15) is 6.04 Å². The van der Waals surface area contributed by atoms with Crippen LogP contribution in [0.2, 0.25) is 0 Å². The Kier molecular flexibility index (Phi) is 5.30. The quantitative estimate of drug-likeness (QED) is 0.648. The molecule has 0 aromatic carbocycles. The fourth-order valence-corrected chi connectivity index (χ4v) is 0.966. The van der Waals surface area contributed by atoms with Crippen LogP contribution in [-0.4, -0.2) is 28.9 Å². The van der Waals surface area contributed by atoms with Crippen molar-refractivity contribution < 1.29 is 14.7 Å². The third kappa shape index (κ3) is 4.03. The van der Waals surface area contributed by atoms with Crippen molar-refractivity contribution in [3.8, 4) is 0 Å². The van der Waals surface area contributed by atoms with Crippen molar-refractivity contribution in [1.29, 1.82) is 0 Å². The summed E-state index contributed by atoms with van der Waals surface area (Å²) in [5.74, 6) is -0.357. The minimum Gasteiger partial charge on any atom is -0.391 e. The highest BCUT2D eigenvalue weighted by Crippen LogP contribution is 1.98. The smallest absolute Gasteiger partial charge is 0.220 e. The number of hydrogen-bond acceptors (Lipinski definition) is 3. The van der Waals surface area contributed by atoms with Gasteiger partial charge in [-0.25, -0.2) is 0 Å². The summed E-state index contributed by atoms with van der Waals surface area (Å²) in [6.45, 7) is 4.90. The normalized spacial score (nSPS) is 14.8. The Morgan fingerprint density at radius 3 is 2.15 bits per heavy atom. The number of aliphatic hydroxyl groups is 1. The average molecular weight is 187 g/mol. The van der Waals surface area contributed by atoms with Crippen LogP contribution < -0.4 is 5.32 Å². The first-order chi connectivity index (χ1) is 6.02. The molecule has 4 heteroatoms. The van der Waals surface area contributed by atoms with Gasteiger partial charge in [0.25, 0.3) is 0 Å². The summed E-state index contributed by atoms with van der Waals surface area (Å²) in [7, 11) is 0. The van der Waals surface area contributed by atoms with Crippen LogP contribution in [0.5, 0.6) is 0 Å². The van der Waals surface area contributed by atoms with E-state index in [0.717, 1.165) is 0 Å². The Morgan fingerprint density at radius 1 is 1.31 bits per heavy atom. The number of ketones is 1. The molecule has 2 atom stereocenters. The first-order valence-electron chi connectivity index (χ1n) is 4.53. The van der Waals surface area contributed by atoms with Gasteiger partial charge in [0, 0.05) is 12.8 Å². The number of Topliss-reactive ketones (excluding diaryl/α,β-unsaturated/α-hetero) is 1. The maximum atomic E-state index is 11.2. The van der Waals surface area contributed by atoms with Gasteiger partial charge in [0.2, 0.25) is 5.91 Å². The molecule has 4 nitrogen and oxygen atoms in total. The molecule has 0 bridgehead atoms. The summed E-state index contributed by atoms with van der Waals surface area (Å²) in [5, 5.41) is 11.7. The molecule has 0 rings (SSSR count). The number of amides is 1. The number of carbonyl (C=O) groups excluding carboxylic acids is 2. The predicted octanol–water partition coefficient (Wildman–Crippen LogP) is 0.241. The third-order valence-corrected chi connectivity index (χ3v) is 1.82. The van der Waals surface area contributed by atoms with Gasteiger partial charge in [0.05, 0.1) is 6.10 Å². The van der Waals surface area contributed by atoms with E-state index < -0.39 is 12.1 Å². The van der Waals surface area contributed by atoms with Crippen molar-refractivity contribution in [2.45, 2.75) is 45.8 Å². The second kappa shape index (κ2) is 5.70. The van der Waals surface area contributed by atoms with Crippen molar-refractivity contribution in [3.63, 3.8) is 0 Å². The van der Waals surface area contributed by atoms with Crippen molar-refractivity contribution in [1.82, 2.24) is 5.32 Å². The lowest BCUT2D eigenvalue weighted by atomic mass is 10.1. The molecule has 0 aliphatic rings.